The summed E-state index contributed by atoms with van der Waals surface area (Å²) >= 11 is 0. The van der Waals surface area contributed by atoms with Gasteiger partial charge in [-0.3, -0.25) is 0 Å². The molecule has 0 aromatic heterocycles. The summed E-state index contributed by atoms with van der Waals surface area (Å²) < 4.78 is 82.3. The third-order valence-corrected chi connectivity index (χ3v) is 10.7. The Kier molecular flexibility index (Phi) is 6.28. The maximum Gasteiger partial charge on any atom is 0.241 e. The van der Waals surface area contributed by atoms with E-state index in [-0.39, 0.29) is 28.5 Å². The van der Waals surface area contributed by atoms with Crippen molar-refractivity contribution in [2.24, 2.45) is 0 Å². The van der Waals surface area contributed by atoms with Gasteiger partial charge in [-0.15, -0.1) is 0 Å². The first-order valence-electron chi connectivity index (χ1n) is 9.12. The Morgan fingerprint density at radius 2 is 1.73 bits per heavy atom. The van der Waals surface area contributed by atoms with Gasteiger partial charge in [-0.25, -0.2) is 30.0 Å². The Hall–Kier alpha value is -1.95. The highest BCUT2D eigenvalue weighted by Gasteiger charge is 2.38. The van der Waals surface area contributed by atoms with E-state index in [1.165, 1.54) is 19.2 Å². The van der Waals surface area contributed by atoms with Crippen molar-refractivity contribution in [1.29, 1.82) is 0 Å². The summed E-state index contributed by atoms with van der Waals surface area (Å²) in [4.78, 5) is -0.349. The molecule has 1 heterocycles. The summed E-state index contributed by atoms with van der Waals surface area (Å²) in [5.41, 5.74) is 1.09. The summed E-state index contributed by atoms with van der Waals surface area (Å²) in [5, 5.41) is -1.06. The van der Waals surface area contributed by atoms with Crippen LogP contribution in [0.1, 0.15) is 17.5 Å². The number of hydrogen-bond donors (Lipinski definition) is 1. The van der Waals surface area contributed by atoms with Crippen LogP contribution in [0.5, 0.6) is 5.75 Å². The van der Waals surface area contributed by atoms with Crippen LogP contribution in [-0.4, -0.2) is 49.1 Å². The first-order chi connectivity index (χ1) is 13.9. The first kappa shape index (κ1) is 22.7. The highest BCUT2D eigenvalue weighted by atomic mass is 32.2. The van der Waals surface area contributed by atoms with Gasteiger partial charge < -0.3 is 4.74 Å². The summed E-state index contributed by atoms with van der Waals surface area (Å²) in [6.07, 6.45) is 0.0103. The van der Waals surface area contributed by atoms with Gasteiger partial charge in [0.1, 0.15) is 5.75 Å². The van der Waals surface area contributed by atoms with Crippen LogP contribution in [0.3, 0.4) is 0 Å². The van der Waals surface area contributed by atoms with E-state index in [1.54, 1.807) is 31.2 Å². The zero-order valence-electron chi connectivity index (χ0n) is 16.5. The number of nitrogens with one attached hydrogen (secondary N) is 1. The number of ether oxygens (including phenoxy) is 1. The van der Waals surface area contributed by atoms with E-state index in [4.69, 9.17) is 4.74 Å². The van der Waals surface area contributed by atoms with Gasteiger partial charge in [0.25, 0.3) is 0 Å². The van der Waals surface area contributed by atoms with Gasteiger partial charge in [0.15, 0.2) is 19.7 Å². The molecule has 1 aliphatic heterocycles. The second kappa shape index (κ2) is 8.29. The quantitative estimate of drug-likeness (QED) is 0.645. The molecule has 3 rings (SSSR count). The highest BCUT2D eigenvalue weighted by molar-refractivity contribution is 7.96. The fourth-order valence-electron chi connectivity index (χ4n) is 3.24. The molecule has 8 nitrogen and oxygen atoms in total. The summed E-state index contributed by atoms with van der Waals surface area (Å²) in [5.74, 6) is 0.0162. The maximum absolute atomic E-state index is 12.9. The van der Waals surface area contributed by atoms with Crippen molar-refractivity contribution in [2.75, 3.05) is 18.6 Å². The average molecular weight is 474 g/mol. The van der Waals surface area contributed by atoms with E-state index >= 15 is 0 Å². The van der Waals surface area contributed by atoms with Crippen LogP contribution in [0.4, 0.5) is 0 Å². The van der Waals surface area contributed by atoms with Crippen molar-refractivity contribution in [1.82, 2.24) is 4.72 Å². The molecule has 0 saturated carbocycles. The zero-order valence-corrected chi connectivity index (χ0v) is 19.0. The Morgan fingerprint density at radius 3 is 2.30 bits per heavy atom. The van der Waals surface area contributed by atoms with Gasteiger partial charge in [-0.1, -0.05) is 18.2 Å². The van der Waals surface area contributed by atoms with Crippen molar-refractivity contribution in [3.05, 3.63) is 53.6 Å². The van der Waals surface area contributed by atoms with Gasteiger partial charge in [0.05, 0.1) is 33.7 Å². The molecule has 2 aromatic carbocycles. The Bertz CT molecular complexity index is 1250. The fourth-order valence-corrected chi connectivity index (χ4v) is 8.99. The predicted octanol–water partition coefficient (Wildman–Crippen LogP) is 1.44. The van der Waals surface area contributed by atoms with Crippen LogP contribution in [0.25, 0.3) is 0 Å². The number of sulfone groups is 2. The second-order valence-corrected chi connectivity index (χ2v) is 13.4. The molecule has 1 saturated heterocycles. The van der Waals surface area contributed by atoms with Crippen molar-refractivity contribution in [3.8, 4) is 5.75 Å². The smallest absolute Gasteiger partial charge is 0.241 e. The first-order valence-corrected chi connectivity index (χ1v) is 14.0. The lowest BCUT2D eigenvalue weighted by atomic mass is 10.2. The topological polar surface area (TPSA) is 124 Å². The fraction of sp³-hybridized carbons (Fsp3) is 0.368. The lowest BCUT2D eigenvalue weighted by molar-refractivity contribution is 0.414. The Morgan fingerprint density at radius 1 is 1.07 bits per heavy atom. The molecule has 1 aliphatic rings. The molecule has 0 spiro atoms. The lowest BCUT2D eigenvalue weighted by Crippen LogP contribution is -2.26. The van der Waals surface area contributed by atoms with Crippen LogP contribution in [0, 0.1) is 6.92 Å². The van der Waals surface area contributed by atoms with Crippen molar-refractivity contribution in [3.63, 3.8) is 0 Å². The van der Waals surface area contributed by atoms with Crippen LogP contribution in [0.2, 0.25) is 0 Å². The third-order valence-electron chi connectivity index (χ3n) is 5.03. The molecule has 30 heavy (non-hydrogen) atoms. The van der Waals surface area contributed by atoms with E-state index in [0.29, 0.717) is 16.9 Å². The van der Waals surface area contributed by atoms with E-state index in [0.717, 1.165) is 6.07 Å². The minimum absolute atomic E-state index is 0.0103. The molecule has 0 bridgehead atoms. The average Bonchev–Trinajstić information content (AvgIpc) is 3.07. The molecule has 11 heteroatoms. The van der Waals surface area contributed by atoms with E-state index < -0.39 is 40.7 Å². The van der Waals surface area contributed by atoms with Gasteiger partial charge >= 0.3 is 0 Å². The van der Waals surface area contributed by atoms with Crippen molar-refractivity contribution >= 4 is 29.7 Å². The number of sulfonamides is 1. The summed E-state index contributed by atoms with van der Waals surface area (Å²) in [6, 6.07) is 10.7. The van der Waals surface area contributed by atoms with Crippen LogP contribution in [0.15, 0.2) is 52.3 Å². The molecular weight excluding hydrogens is 450 g/mol. The van der Waals surface area contributed by atoms with Gasteiger partial charge in [-0.05, 0) is 48.7 Å². The van der Waals surface area contributed by atoms with E-state index in [1.807, 2.05) is 0 Å². The van der Waals surface area contributed by atoms with Crippen molar-refractivity contribution < 1.29 is 30.0 Å². The van der Waals surface area contributed by atoms with Crippen LogP contribution < -0.4 is 9.46 Å². The molecule has 1 N–H and O–H groups in total. The second-order valence-electron chi connectivity index (χ2n) is 7.17. The van der Waals surface area contributed by atoms with Crippen LogP contribution >= 0.6 is 0 Å². The molecule has 2 aromatic rings. The molecule has 0 amide bonds. The Labute approximate surface area is 177 Å². The zero-order chi connectivity index (χ0) is 22.2. The number of aryl methyl sites for hydroxylation is 1. The summed E-state index contributed by atoms with van der Waals surface area (Å²) in [7, 11) is -9.83. The molecule has 0 radical (unpaired) electrons. The lowest BCUT2D eigenvalue weighted by Gasteiger charge is -2.14. The number of benzene rings is 2. The highest BCUT2D eigenvalue weighted by Crippen LogP contribution is 2.28. The van der Waals surface area contributed by atoms with Gasteiger partial charge in [0.2, 0.25) is 10.0 Å². The van der Waals surface area contributed by atoms with Gasteiger partial charge in [-0.2, -0.15) is 0 Å². The molecule has 1 fully saturated rings. The standard InChI is InChI=1S/C19H23NO7S3/c1-14-3-8-17(29(23,24)18-9-10-28(21,22)13-18)11-19(14)30(25,26)20-12-15-4-6-16(27-2)7-5-15/h3-8,11,18,20H,9-10,12-13H2,1-2H3/t18-/m0/s1. The minimum atomic E-state index is -4.00. The molecule has 1 atom stereocenters. The predicted molar refractivity (Wildman–Crippen MR) is 112 cm³/mol. The van der Waals surface area contributed by atoms with Crippen molar-refractivity contribution in [2.45, 2.75) is 34.9 Å². The largest absolute Gasteiger partial charge is 0.497 e. The normalized spacial score (nSPS) is 18.9. The number of methoxy groups -OCH3 is 1. The molecule has 0 aliphatic carbocycles. The molecule has 164 valence electrons. The van der Waals surface area contributed by atoms with Gasteiger partial charge in [0, 0.05) is 6.54 Å². The van der Waals surface area contributed by atoms with E-state index in [9.17, 15) is 25.3 Å². The minimum Gasteiger partial charge on any atom is -0.497 e. The number of rotatable bonds is 7. The maximum atomic E-state index is 12.9. The monoisotopic (exact) mass is 473 g/mol. The molecular formula is C19H23NO7S3. The number of hydrogen-bond acceptors (Lipinski definition) is 7. The third kappa shape index (κ3) is 4.85. The van der Waals surface area contributed by atoms with E-state index in [2.05, 4.69) is 4.72 Å². The SMILES string of the molecule is COc1ccc(CNS(=O)(=O)c2cc(S(=O)(=O)[C@H]3CCS(=O)(=O)C3)ccc2C)cc1. The van der Waals surface area contributed by atoms with Crippen LogP contribution in [-0.2, 0) is 36.2 Å². The Balaban J connectivity index is 1.86. The molecule has 0 unspecified atom stereocenters. The summed E-state index contributed by atoms with van der Waals surface area (Å²) in [6.45, 7) is 1.59.